The van der Waals surface area contributed by atoms with Crippen molar-refractivity contribution in [3.8, 4) is 5.75 Å². The van der Waals surface area contributed by atoms with Gasteiger partial charge in [0.2, 0.25) is 5.91 Å². The zero-order chi connectivity index (χ0) is 21.7. The Hall–Kier alpha value is -2.96. The summed E-state index contributed by atoms with van der Waals surface area (Å²) in [5.41, 5.74) is 1.73. The SMILES string of the molecule is CCC(C)N(CC(=O)N(Cc1cccn1C)C1CC1)C(=O)Nc1cccc(OC)c1. The number of urea groups is 1. The Bertz CT molecular complexity index is 875. The molecule has 0 bridgehead atoms. The summed E-state index contributed by atoms with van der Waals surface area (Å²) in [7, 11) is 3.57. The summed E-state index contributed by atoms with van der Waals surface area (Å²) >= 11 is 0. The molecule has 1 unspecified atom stereocenters. The van der Waals surface area contributed by atoms with Crippen LogP contribution in [0.3, 0.4) is 0 Å². The first kappa shape index (κ1) is 21.7. The standard InChI is InChI=1S/C23H32N4O3/c1-5-17(2)26(23(29)24-18-8-6-10-21(14-18)30-4)16-22(28)27(19-11-12-19)15-20-9-7-13-25(20)3/h6-10,13-14,17,19H,5,11-12,15-16H2,1-4H3,(H,24,29). The fourth-order valence-corrected chi connectivity index (χ4v) is 3.42. The van der Waals surface area contributed by atoms with E-state index in [0.717, 1.165) is 25.0 Å². The second kappa shape index (κ2) is 9.69. The largest absolute Gasteiger partial charge is 0.497 e. The predicted molar refractivity (Wildman–Crippen MR) is 117 cm³/mol. The third kappa shape index (κ3) is 5.34. The molecule has 7 heteroatoms. The van der Waals surface area contributed by atoms with Crippen molar-refractivity contribution in [3.63, 3.8) is 0 Å². The van der Waals surface area contributed by atoms with Crippen molar-refractivity contribution >= 4 is 17.6 Å². The van der Waals surface area contributed by atoms with Crippen LogP contribution in [0.2, 0.25) is 0 Å². The summed E-state index contributed by atoms with van der Waals surface area (Å²) in [6.45, 7) is 4.62. The fraction of sp³-hybridized carbons (Fsp3) is 0.478. The van der Waals surface area contributed by atoms with Crippen molar-refractivity contribution in [1.29, 1.82) is 0 Å². The highest BCUT2D eigenvalue weighted by Gasteiger charge is 2.34. The second-order valence-corrected chi connectivity index (χ2v) is 7.91. The van der Waals surface area contributed by atoms with Gasteiger partial charge in [0, 0.05) is 42.8 Å². The molecule has 0 saturated heterocycles. The molecule has 7 nitrogen and oxygen atoms in total. The molecule has 3 amide bonds. The number of amides is 3. The summed E-state index contributed by atoms with van der Waals surface area (Å²) in [4.78, 5) is 29.8. The molecular weight excluding hydrogens is 380 g/mol. The Morgan fingerprint density at radius 1 is 1.27 bits per heavy atom. The lowest BCUT2D eigenvalue weighted by Gasteiger charge is -2.31. The lowest BCUT2D eigenvalue weighted by molar-refractivity contribution is -0.133. The number of rotatable bonds is 9. The monoisotopic (exact) mass is 412 g/mol. The maximum atomic E-state index is 13.2. The number of hydrogen-bond acceptors (Lipinski definition) is 3. The van der Waals surface area contributed by atoms with Crippen LogP contribution in [-0.2, 0) is 18.4 Å². The molecular formula is C23H32N4O3. The van der Waals surface area contributed by atoms with Crippen molar-refractivity contribution in [2.45, 2.75) is 51.7 Å². The molecule has 1 aromatic heterocycles. The van der Waals surface area contributed by atoms with Crippen molar-refractivity contribution in [3.05, 3.63) is 48.3 Å². The Morgan fingerprint density at radius 2 is 2.03 bits per heavy atom. The van der Waals surface area contributed by atoms with E-state index >= 15 is 0 Å². The zero-order valence-electron chi connectivity index (χ0n) is 18.3. The summed E-state index contributed by atoms with van der Waals surface area (Å²) in [6, 6.07) is 11.2. The number of carbonyl (C=O) groups is 2. The van der Waals surface area contributed by atoms with Crippen LogP contribution < -0.4 is 10.1 Å². The topological polar surface area (TPSA) is 66.8 Å². The number of benzene rings is 1. The van der Waals surface area contributed by atoms with Gasteiger partial charge >= 0.3 is 6.03 Å². The second-order valence-electron chi connectivity index (χ2n) is 7.91. The molecule has 0 spiro atoms. The molecule has 0 radical (unpaired) electrons. The Balaban J connectivity index is 1.71. The predicted octanol–water partition coefficient (Wildman–Crippen LogP) is 3.86. The van der Waals surface area contributed by atoms with Gasteiger partial charge < -0.3 is 24.4 Å². The molecule has 1 fully saturated rings. The van der Waals surface area contributed by atoms with E-state index in [9.17, 15) is 9.59 Å². The molecule has 2 aromatic rings. The number of hydrogen-bond donors (Lipinski definition) is 1. The summed E-state index contributed by atoms with van der Waals surface area (Å²) in [5.74, 6) is 0.654. The first-order valence-corrected chi connectivity index (χ1v) is 10.5. The molecule has 0 aliphatic heterocycles. The van der Waals surface area contributed by atoms with Crippen molar-refractivity contribution in [2.24, 2.45) is 7.05 Å². The smallest absolute Gasteiger partial charge is 0.322 e. The molecule has 1 atom stereocenters. The van der Waals surface area contributed by atoms with Crippen LogP contribution in [-0.4, -0.2) is 52.0 Å². The number of aryl methyl sites for hydroxylation is 1. The minimum atomic E-state index is -0.277. The Labute approximate surface area is 178 Å². The minimum Gasteiger partial charge on any atom is -0.497 e. The molecule has 1 aromatic carbocycles. The van der Waals surface area contributed by atoms with Crippen LogP contribution in [0.25, 0.3) is 0 Å². The van der Waals surface area contributed by atoms with Gasteiger partial charge in [-0.1, -0.05) is 13.0 Å². The number of nitrogens with one attached hydrogen (secondary N) is 1. The van der Waals surface area contributed by atoms with Crippen LogP contribution in [0.4, 0.5) is 10.5 Å². The average Bonchev–Trinajstić information content (AvgIpc) is 3.51. The third-order valence-corrected chi connectivity index (χ3v) is 5.70. The highest BCUT2D eigenvalue weighted by molar-refractivity contribution is 5.92. The number of aromatic nitrogens is 1. The maximum Gasteiger partial charge on any atom is 0.322 e. The van der Waals surface area contributed by atoms with Gasteiger partial charge in [-0.15, -0.1) is 0 Å². The van der Waals surface area contributed by atoms with Crippen molar-refractivity contribution in [1.82, 2.24) is 14.4 Å². The molecule has 162 valence electrons. The number of anilines is 1. The lowest BCUT2D eigenvalue weighted by atomic mass is 10.2. The van der Waals surface area contributed by atoms with E-state index in [4.69, 9.17) is 4.74 Å². The Morgan fingerprint density at radius 3 is 2.63 bits per heavy atom. The molecule has 1 heterocycles. The molecule has 3 rings (SSSR count). The molecule has 1 N–H and O–H groups in total. The van der Waals surface area contributed by atoms with Gasteiger partial charge in [0.1, 0.15) is 12.3 Å². The molecule has 1 saturated carbocycles. The summed E-state index contributed by atoms with van der Waals surface area (Å²) in [6.07, 6.45) is 4.79. The van der Waals surface area contributed by atoms with Gasteiger partial charge in [0.05, 0.1) is 13.7 Å². The van der Waals surface area contributed by atoms with Crippen LogP contribution in [0.5, 0.6) is 5.75 Å². The van der Waals surface area contributed by atoms with E-state index in [1.807, 2.05) is 66.9 Å². The Kier molecular flexibility index (Phi) is 7.03. The van der Waals surface area contributed by atoms with E-state index in [2.05, 4.69) is 5.32 Å². The summed E-state index contributed by atoms with van der Waals surface area (Å²) in [5, 5.41) is 2.91. The quantitative estimate of drug-likeness (QED) is 0.680. The van der Waals surface area contributed by atoms with Crippen LogP contribution in [0, 0.1) is 0 Å². The van der Waals surface area contributed by atoms with E-state index in [1.54, 1.807) is 18.1 Å². The third-order valence-electron chi connectivity index (χ3n) is 5.70. The zero-order valence-corrected chi connectivity index (χ0v) is 18.3. The van der Waals surface area contributed by atoms with Gasteiger partial charge in [-0.25, -0.2) is 4.79 Å². The lowest BCUT2D eigenvalue weighted by Crippen LogP contribution is -2.48. The van der Waals surface area contributed by atoms with E-state index in [0.29, 0.717) is 18.0 Å². The number of nitrogens with zero attached hydrogens (tertiary/aromatic N) is 3. The number of ether oxygens (including phenoxy) is 1. The van der Waals surface area contributed by atoms with Crippen molar-refractivity contribution < 1.29 is 14.3 Å². The van der Waals surface area contributed by atoms with E-state index in [1.165, 1.54) is 0 Å². The van der Waals surface area contributed by atoms with Gasteiger partial charge in [-0.05, 0) is 50.5 Å². The highest BCUT2D eigenvalue weighted by Crippen LogP contribution is 2.29. The van der Waals surface area contributed by atoms with E-state index in [-0.39, 0.29) is 30.6 Å². The molecule has 30 heavy (non-hydrogen) atoms. The van der Waals surface area contributed by atoms with Gasteiger partial charge in [-0.3, -0.25) is 4.79 Å². The van der Waals surface area contributed by atoms with E-state index < -0.39 is 0 Å². The van der Waals surface area contributed by atoms with Gasteiger partial charge in [0.25, 0.3) is 0 Å². The first-order chi connectivity index (χ1) is 14.4. The highest BCUT2D eigenvalue weighted by atomic mass is 16.5. The fourth-order valence-electron chi connectivity index (χ4n) is 3.42. The number of methoxy groups -OCH3 is 1. The van der Waals surface area contributed by atoms with Crippen LogP contribution in [0.1, 0.15) is 38.8 Å². The van der Waals surface area contributed by atoms with Crippen molar-refractivity contribution in [2.75, 3.05) is 19.0 Å². The van der Waals surface area contributed by atoms with Gasteiger partial charge in [-0.2, -0.15) is 0 Å². The first-order valence-electron chi connectivity index (χ1n) is 10.5. The normalized spacial score (nSPS) is 14.1. The number of carbonyl (C=O) groups excluding carboxylic acids is 2. The maximum absolute atomic E-state index is 13.2. The minimum absolute atomic E-state index is 0.0141. The van der Waals surface area contributed by atoms with Crippen LogP contribution in [0.15, 0.2) is 42.6 Å². The molecule has 1 aliphatic rings. The molecule has 1 aliphatic carbocycles. The van der Waals surface area contributed by atoms with Gasteiger partial charge in [0.15, 0.2) is 0 Å². The summed E-state index contributed by atoms with van der Waals surface area (Å²) < 4.78 is 7.26. The average molecular weight is 413 g/mol. The van der Waals surface area contributed by atoms with Crippen LogP contribution >= 0.6 is 0 Å².